The Morgan fingerprint density at radius 2 is 1.58 bits per heavy atom. The average Bonchev–Trinajstić information content (AvgIpc) is 2.69. The van der Waals surface area contributed by atoms with Crippen LogP contribution in [-0.2, 0) is 4.79 Å². The molecule has 2 fully saturated rings. The molecule has 1 aliphatic carbocycles. The third-order valence-electron chi connectivity index (χ3n) is 5.50. The molecule has 1 aliphatic heterocycles. The van der Waals surface area contributed by atoms with Gasteiger partial charge in [0, 0.05) is 5.69 Å². The lowest BCUT2D eigenvalue weighted by Crippen LogP contribution is -2.77. The van der Waals surface area contributed by atoms with Crippen LogP contribution in [0.3, 0.4) is 0 Å². The molecule has 1 saturated heterocycles. The van der Waals surface area contributed by atoms with Crippen LogP contribution in [0, 0.1) is 5.82 Å². The van der Waals surface area contributed by atoms with Crippen molar-refractivity contribution in [1.29, 1.82) is 0 Å². The van der Waals surface area contributed by atoms with E-state index in [1.165, 1.54) is 18.6 Å². The lowest BCUT2D eigenvalue weighted by molar-refractivity contribution is -0.143. The van der Waals surface area contributed by atoms with Gasteiger partial charge in [0.1, 0.15) is 17.3 Å². The number of rotatable bonds is 4. The van der Waals surface area contributed by atoms with Crippen LogP contribution in [0.1, 0.15) is 32.1 Å². The minimum Gasteiger partial charge on any atom is -0.497 e. The second kappa shape index (κ2) is 6.63. The maximum absolute atomic E-state index is 13.1. The van der Waals surface area contributed by atoms with Gasteiger partial charge in [0.15, 0.2) is 0 Å². The zero-order valence-electron chi connectivity index (χ0n) is 14.8. The molecule has 0 bridgehead atoms. The van der Waals surface area contributed by atoms with Gasteiger partial charge in [0.25, 0.3) is 5.91 Å². The molecule has 2 aliphatic rings. The van der Waals surface area contributed by atoms with E-state index in [9.17, 15) is 9.18 Å². The van der Waals surface area contributed by atoms with Crippen LogP contribution < -0.4 is 14.4 Å². The molecule has 1 amide bonds. The van der Waals surface area contributed by atoms with E-state index in [4.69, 9.17) is 9.47 Å². The number of anilines is 1. The van der Waals surface area contributed by atoms with Crippen LogP contribution in [0.5, 0.6) is 11.5 Å². The second-order valence-corrected chi connectivity index (χ2v) is 6.99. The van der Waals surface area contributed by atoms with Crippen molar-refractivity contribution in [3.05, 3.63) is 54.3 Å². The van der Waals surface area contributed by atoms with E-state index in [1.54, 1.807) is 19.2 Å². The summed E-state index contributed by atoms with van der Waals surface area (Å²) in [6.07, 6.45) is 4.63. The molecule has 4 rings (SSSR count). The van der Waals surface area contributed by atoms with Gasteiger partial charge < -0.3 is 9.47 Å². The van der Waals surface area contributed by atoms with Crippen LogP contribution in [0.25, 0.3) is 0 Å². The quantitative estimate of drug-likeness (QED) is 0.766. The number of hydrogen-bond acceptors (Lipinski definition) is 3. The molecule has 0 N–H and O–H groups in total. The predicted octanol–water partition coefficient (Wildman–Crippen LogP) is 4.33. The first-order valence-corrected chi connectivity index (χ1v) is 9.04. The van der Waals surface area contributed by atoms with Crippen molar-refractivity contribution in [1.82, 2.24) is 0 Å². The van der Waals surface area contributed by atoms with Crippen molar-refractivity contribution in [2.45, 2.75) is 43.7 Å². The molecule has 4 nitrogen and oxygen atoms in total. The van der Waals surface area contributed by atoms with Crippen molar-refractivity contribution in [2.75, 3.05) is 12.0 Å². The highest BCUT2D eigenvalue weighted by atomic mass is 19.1. The maximum atomic E-state index is 13.1. The van der Waals surface area contributed by atoms with E-state index in [0.29, 0.717) is 5.75 Å². The lowest BCUT2D eigenvalue weighted by atomic mass is 9.69. The molecule has 1 saturated carbocycles. The Bertz CT molecular complexity index is 782. The molecular weight excluding hydrogens is 333 g/mol. The van der Waals surface area contributed by atoms with Gasteiger partial charge in [-0.05, 0) is 61.4 Å². The number of nitrogens with zero attached hydrogens (tertiary/aromatic N) is 1. The molecule has 2 aromatic carbocycles. The summed E-state index contributed by atoms with van der Waals surface area (Å²) in [5.41, 5.74) is 0.551. The number of ether oxygens (including phenoxy) is 2. The number of carbonyl (C=O) groups excluding carboxylic acids is 1. The maximum Gasteiger partial charge on any atom is 0.271 e. The highest BCUT2D eigenvalue weighted by Gasteiger charge is 2.62. The topological polar surface area (TPSA) is 38.8 Å². The minimum atomic E-state index is -0.518. The Labute approximate surface area is 152 Å². The van der Waals surface area contributed by atoms with E-state index in [-0.39, 0.29) is 17.3 Å². The normalized spacial score (nSPS) is 21.4. The van der Waals surface area contributed by atoms with Crippen LogP contribution in [-0.4, -0.2) is 24.7 Å². The number of amides is 1. The SMILES string of the molecule is COc1ccc(N2C(=O)C(Oc3ccc(F)cc3)C23CCCCC3)cc1. The number of benzene rings is 2. The number of halogens is 1. The first-order valence-electron chi connectivity index (χ1n) is 9.04. The highest BCUT2D eigenvalue weighted by Crippen LogP contribution is 2.48. The Kier molecular flexibility index (Phi) is 4.31. The Morgan fingerprint density at radius 3 is 2.19 bits per heavy atom. The molecular formula is C21H22FNO3. The van der Waals surface area contributed by atoms with Gasteiger partial charge in [-0.2, -0.15) is 0 Å². The van der Waals surface area contributed by atoms with Gasteiger partial charge in [-0.15, -0.1) is 0 Å². The summed E-state index contributed by atoms with van der Waals surface area (Å²) in [6, 6.07) is 13.4. The Morgan fingerprint density at radius 1 is 0.962 bits per heavy atom. The van der Waals surface area contributed by atoms with Gasteiger partial charge in [0.05, 0.1) is 12.6 Å². The Hall–Kier alpha value is -2.56. The molecule has 1 heterocycles. The van der Waals surface area contributed by atoms with Crippen molar-refractivity contribution < 1.29 is 18.7 Å². The highest BCUT2D eigenvalue weighted by molar-refractivity contribution is 6.07. The summed E-state index contributed by atoms with van der Waals surface area (Å²) in [5, 5.41) is 0. The predicted molar refractivity (Wildman–Crippen MR) is 97.1 cm³/mol. The van der Waals surface area contributed by atoms with Gasteiger partial charge in [-0.25, -0.2) is 4.39 Å². The van der Waals surface area contributed by atoms with Crippen molar-refractivity contribution in [2.24, 2.45) is 0 Å². The molecule has 2 aromatic rings. The summed E-state index contributed by atoms with van der Waals surface area (Å²) in [4.78, 5) is 14.8. The van der Waals surface area contributed by atoms with E-state index < -0.39 is 6.10 Å². The smallest absolute Gasteiger partial charge is 0.271 e. The van der Waals surface area contributed by atoms with E-state index in [2.05, 4.69) is 0 Å². The third kappa shape index (κ3) is 2.71. The van der Waals surface area contributed by atoms with E-state index >= 15 is 0 Å². The summed E-state index contributed by atoms with van der Waals surface area (Å²) >= 11 is 0. The molecule has 0 radical (unpaired) electrons. The Balaban J connectivity index is 1.63. The summed E-state index contributed by atoms with van der Waals surface area (Å²) in [6.45, 7) is 0. The minimum absolute atomic E-state index is 0.0404. The summed E-state index contributed by atoms with van der Waals surface area (Å²) in [5.74, 6) is 0.938. The number of methoxy groups -OCH3 is 1. The van der Waals surface area contributed by atoms with Gasteiger partial charge in [0.2, 0.25) is 6.10 Å². The number of β-lactam (4-membered cyclic amide) rings is 1. The molecule has 1 atom stereocenters. The fourth-order valence-electron chi connectivity index (χ4n) is 4.19. The fourth-order valence-corrected chi connectivity index (χ4v) is 4.19. The molecule has 1 spiro atoms. The number of hydrogen-bond donors (Lipinski definition) is 0. The van der Waals surface area contributed by atoms with Crippen molar-refractivity contribution in [3.8, 4) is 11.5 Å². The van der Waals surface area contributed by atoms with E-state index in [1.807, 2.05) is 29.2 Å². The lowest BCUT2D eigenvalue weighted by Gasteiger charge is -2.58. The van der Waals surface area contributed by atoms with Gasteiger partial charge in [-0.3, -0.25) is 9.69 Å². The average molecular weight is 355 g/mol. The molecule has 5 heteroatoms. The van der Waals surface area contributed by atoms with Crippen LogP contribution >= 0.6 is 0 Å². The van der Waals surface area contributed by atoms with Crippen LogP contribution in [0.2, 0.25) is 0 Å². The monoisotopic (exact) mass is 355 g/mol. The standard InChI is InChI=1S/C21H22FNO3/c1-25-17-11-7-16(8-12-17)23-20(24)19(21(23)13-3-2-4-14-21)26-18-9-5-15(22)6-10-18/h5-12,19H,2-4,13-14H2,1H3. The third-order valence-corrected chi connectivity index (χ3v) is 5.50. The van der Waals surface area contributed by atoms with E-state index in [0.717, 1.165) is 37.1 Å². The van der Waals surface area contributed by atoms with Crippen LogP contribution in [0.15, 0.2) is 48.5 Å². The van der Waals surface area contributed by atoms with Crippen molar-refractivity contribution >= 4 is 11.6 Å². The zero-order valence-corrected chi connectivity index (χ0v) is 14.8. The van der Waals surface area contributed by atoms with Crippen molar-refractivity contribution in [3.63, 3.8) is 0 Å². The number of carbonyl (C=O) groups is 1. The fraction of sp³-hybridized carbons (Fsp3) is 0.381. The molecule has 26 heavy (non-hydrogen) atoms. The zero-order chi connectivity index (χ0) is 18.1. The second-order valence-electron chi connectivity index (χ2n) is 6.99. The molecule has 136 valence electrons. The van der Waals surface area contributed by atoms with Gasteiger partial charge >= 0.3 is 0 Å². The first-order chi connectivity index (χ1) is 12.6. The first kappa shape index (κ1) is 16.9. The summed E-state index contributed by atoms with van der Waals surface area (Å²) in [7, 11) is 1.62. The largest absolute Gasteiger partial charge is 0.497 e. The summed E-state index contributed by atoms with van der Waals surface area (Å²) < 4.78 is 24.4. The molecule has 1 unspecified atom stereocenters. The molecule has 0 aromatic heterocycles. The van der Waals surface area contributed by atoms with Crippen LogP contribution in [0.4, 0.5) is 10.1 Å². The van der Waals surface area contributed by atoms with Gasteiger partial charge in [-0.1, -0.05) is 19.3 Å².